The lowest BCUT2D eigenvalue weighted by molar-refractivity contribution is 0.669. The number of furan rings is 2. The van der Waals surface area contributed by atoms with E-state index in [9.17, 15) is 0 Å². The molecule has 0 aliphatic heterocycles. The number of benzene rings is 8. The lowest BCUT2D eigenvalue weighted by Crippen LogP contribution is -2.11. The Morgan fingerprint density at radius 3 is 1.57 bits per heavy atom. The second-order valence-corrected chi connectivity index (χ2v) is 12.9. The molecule has 0 aliphatic carbocycles. The topological polar surface area (TPSA) is 29.5 Å². The van der Waals surface area contributed by atoms with Crippen molar-refractivity contribution in [3.8, 4) is 33.4 Å². The first-order valence-corrected chi connectivity index (χ1v) is 17.3. The minimum atomic E-state index is 0.841. The first-order valence-electron chi connectivity index (χ1n) is 17.3. The molecule has 240 valence electrons. The zero-order valence-electron chi connectivity index (χ0n) is 27.7. The Balaban J connectivity index is 1.25. The van der Waals surface area contributed by atoms with Crippen LogP contribution in [0, 0.1) is 0 Å². The number of hydrogen-bond acceptors (Lipinski definition) is 3. The summed E-state index contributed by atoms with van der Waals surface area (Å²) in [5, 5.41) is 4.31. The second kappa shape index (κ2) is 11.9. The summed E-state index contributed by atoms with van der Waals surface area (Å²) < 4.78 is 13.2. The Hall–Kier alpha value is -6.84. The third-order valence-corrected chi connectivity index (χ3v) is 9.88. The van der Waals surface area contributed by atoms with Crippen molar-refractivity contribution in [2.75, 3.05) is 4.90 Å². The van der Waals surface area contributed by atoms with Crippen LogP contribution in [0.25, 0.3) is 77.3 Å². The molecule has 10 aromatic rings. The van der Waals surface area contributed by atoms with Crippen LogP contribution in [0.1, 0.15) is 0 Å². The highest BCUT2D eigenvalue weighted by atomic mass is 16.3. The number of nitrogens with zero attached hydrogens (tertiary/aromatic N) is 1. The van der Waals surface area contributed by atoms with E-state index in [1.807, 2.05) is 12.1 Å². The van der Waals surface area contributed by atoms with Crippen molar-refractivity contribution in [3.63, 3.8) is 0 Å². The molecule has 2 aromatic heterocycles. The van der Waals surface area contributed by atoms with Crippen molar-refractivity contribution in [1.29, 1.82) is 0 Å². The van der Waals surface area contributed by atoms with Gasteiger partial charge in [-0.1, -0.05) is 133 Å². The zero-order chi connectivity index (χ0) is 33.7. The molecule has 10 rings (SSSR count). The number of anilines is 3. The average Bonchev–Trinajstić information content (AvgIpc) is 3.77. The molecule has 0 atom stereocenters. The van der Waals surface area contributed by atoms with Gasteiger partial charge in [-0.15, -0.1) is 0 Å². The minimum absolute atomic E-state index is 0.841. The Labute approximate surface area is 295 Å². The summed E-state index contributed by atoms with van der Waals surface area (Å²) in [5.41, 5.74) is 13.3. The molecule has 0 spiro atoms. The van der Waals surface area contributed by atoms with Gasteiger partial charge in [-0.25, -0.2) is 0 Å². The van der Waals surface area contributed by atoms with Gasteiger partial charge in [0.05, 0.1) is 5.69 Å². The molecule has 3 nitrogen and oxygen atoms in total. The molecular formula is C48H31NO2. The fourth-order valence-corrected chi connectivity index (χ4v) is 7.40. The smallest absolute Gasteiger partial charge is 0.160 e. The molecule has 0 amide bonds. The summed E-state index contributed by atoms with van der Waals surface area (Å²) in [5.74, 6) is 0. The van der Waals surface area contributed by atoms with Gasteiger partial charge in [0.25, 0.3) is 0 Å². The molecule has 51 heavy (non-hydrogen) atoms. The molecule has 0 aliphatic rings. The van der Waals surface area contributed by atoms with Crippen LogP contribution in [0.5, 0.6) is 0 Å². The third-order valence-electron chi connectivity index (χ3n) is 9.88. The maximum Gasteiger partial charge on any atom is 0.160 e. The first kappa shape index (κ1) is 29.1. The van der Waals surface area contributed by atoms with E-state index in [1.54, 1.807) is 0 Å². The lowest BCUT2D eigenvalue weighted by atomic mass is 9.98. The van der Waals surface area contributed by atoms with E-state index in [1.165, 1.54) is 11.1 Å². The number of fused-ring (bicyclic) bond motifs is 6. The van der Waals surface area contributed by atoms with Gasteiger partial charge in [-0.2, -0.15) is 0 Å². The van der Waals surface area contributed by atoms with Gasteiger partial charge in [-0.3, -0.25) is 0 Å². The molecule has 0 N–H and O–H groups in total. The van der Waals surface area contributed by atoms with Crippen molar-refractivity contribution in [1.82, 2.24) is 0 Å². The maximum absolute atomic E-state index is 6.81. The largest absolute Gasteiger partial charge is 0.456 e. The van der Waals surface area contributed by atoms with E-state index in [-0.39, 0.29) is 0 Å². The van der Waals surface area contributed by atoms with Gasteiger partial charge in [0.2, 0.25) is 0 Å². The Morgan fingerprint density at radius 2 is 0.843 bits per heavy atom. The standard InChI is InChI=1S/C48H31NO2/c1-4-12-32(13-5-1)34-20-23-37(24-21-34)49(38-25-29-46-43(31-38)42-30-36(22-28-45(42)50-46)33-14-6-2-7-15-33)47-39(35-16-8-3-9-17-35)26-27-41-40-18-10-11-19-44(40)51-48(41)47/h1-31H. The molecule has 0 bridgehead atoms. The molecular weight excluding hydrogens is 623 g/mol. The van der Waals surface area contributed by atoms with Crippen LogP contribution in [0.3, 0.4) is 0 Å². The lowest BCUT2D eigenvalue weighted by Gasteiger charge is -2.28. The SMILES string of the molecule is c1ccc(-c2ccc(N(c3ccc4oc5ccc(-c6ccccc6)cc5c4c3)c3c(-c4ccccc4)ccc4c3oc3ccccc34)cc2)cc1. The van der Waals surface area contributed by atoms with E-state index in [0.29, 0.717) is 0 Å². The predicted molar refractivity (Wildman–Crippen MR) is 212 cm³/mol. The Bertz CT molecular complexity index is 2830. The molecule has 8 aromatic carbocycles. The summed E-state index contributed by atoms with van der Waals surface area (Å²) in [6.45, 7) is 0. The summed E-state index contributed by atoms with van der Waals surface area (Å²) in [6.07, 6.45) is 0. The van der Waals surface area contributed by atoms with Crippen molar-refractivity contribution in [2.45, 2.75) is 0 Å². The van der Waals surface area contributed by atoms with E-state index < -0.39 is 0 Å². The summed E-state index contributed by atoms with van der Waals surface area (Å²) in [7, 11) is 0. The zero-order valence-corrected chi connectivity index (χ0v) is 27.7. The normalized spacial score (nSPS) is 11.5. The highest BCUT2D eigenvalue weighted by Crippen LogP contribution is 2.48. The molecule has 2 heterocycles. The van der Waals surface area contributed by atoms with Crippen LogP contribution in [-0.4, -0.2) is 0 Å². The van der Waals surface area contributed by atoms with Crippen molar-refractivity contribution < 1.29 is 8.83 Å². The summed E-state index contributed by atoms with van der Waals surface area (Å²) >= 11 is 0. The fourth-order valence-electron chi connectivity index (χ4n) is 7.40. The Kier molecular flexibility index (Phi) is 6.81. The van der Waals surface area contributed by atoms with Gasteiger partial charge in [0, 0.05) is 38.5 Å². The van der Waals surface area contributed by atoms with Gasteiger partial charge in [-0.05, 0) is 82.4 Å². The summed E-state index contributed by atoms with van der Waals surface area (Å²) in [6, 6.07) is 66.1. The Morgan fingerprint density at radius 1 is 0.314 bits per heavy atom. The van der Waals surface area contributed by atoms with Gasteiger partial charge < -0.3 is 13.7 Å². The van der Waals surface area contributed by atoms with Gasteiger partial charge in [0.15, 0.2) is 5.58 Å². The van der Waals surface area contributed by atoms with Crippen LogP contribution in [-0.2, 0) is 0 Å². The molecule has 0 saturated heterocycles. The molecule has 0 radical (unpaired) electrons. The highest BCUT2D eigenvalue weighted by Gasteiger charge is 2.25. The fraction of sp³-hybridized carbons (Fsp3) is 0. The molecule has 3 heteroatoms. The third kappa shape index (κ3) is 4.98. The van der Waals surface area contributed by atoms with Gasteiger partial charge >= 0.3 is 0 Å². The average molecular weight is 654 g/mol. The second-order valence-electron chi connectivity index (χ2n) is 12.9. The highest BCUT2D eigenvalue weighted by molar-refractivity contribution is 6.14. The predicted octanol–water partition coefficient (Wildman–Crippen LogP) is 14.0. The van der Waals surface area contributed by atoms with E-state index >= 15 is 0 Å². The van der Waals surface area contributed by atoms with Gasteiger partial charge in [0.1, 0.15) is 16.7 Å². The number of rotatable bonds is 6. The van der Waals surface area contributed by atoms with Crippen LogP contribution in [0.15, 0.2) is 197 Å². The molecule has 0 fully saturated rings. The molecule has 0 unspecified atom stereocenters. The van der Waals surface area contributed by atoms with Crippen molar-refractivity contribution in [2.24, 2.45) is 0 Å². The van der Waals surface area contributed by atoms with Crippen LogP contribution in [0.4, 0.5) is 17.1 Å². The van der Waals surface area contributed by atoms with Crippen molar-refractivity contribution >= 4 is 60.9 Å². The maximum atomic E-state index is 6.81. The minimum Gasteiger partial charge on any atom is -0.456 e. The van der Waals surface area contributed by atoms with Crippen LogP contribution < -0.4 is 4.90 Å². The first-order chi connectivity index (χ1) is 25.3. The summed E-state index contributed by atoms with van der Waals surface area (Å²) in [4.78, 5) is 2.35. The monoisotopic (exact) mass is 653 g/mol. The van der Waals surface area contributed by atoms with Crippen LogP contribution in [0.2, 0.25) is 0 Å². The quantitative estimate of drug-likeness (QED) is 0.179. The number of hydrogen-bond donors (Lipinski definition) is 0. The van der Waals surface area contributed by atoms with E-state index in [4.69, 9.17) is 8.83 Å². The number of para-hydroxylation sites is 1. The van der Waals surface area contributed by atoms with E-state index in [0.717, 1.165) is 83.2 Å². The molecule has 0 saturated carbocycles. The van der Waals surface area contributed by atoms with Crippen molar-refractivity contribution in [3.05, 3.63) is 188 Å². The van der Waals surface area contributed by atoms with Crippen LogP contribution >= 0.6 is 0 Å². The van der Waals surface area contributed by atoms with E-state index in [2.05, 4.69) is 181 Å².